The number of nitrogens with one attached hydrogen (secondary N) is 1. The molecule has 0 unspecified atom stereocenters. The van der Waals surface area contributed by atoms with Gasteiger partial charge in [-0.1, -0.05) is 83.3 Å². The normalized spacial score (nSPS) is 12.0. The molecular weight excluding hydrogens is 626 g/mol. The first kappa shape index (κ1) is 32.6. The van der Waals surface area contributed by atoms with E-state index in [1.807, 2.05) is 54.6 Å². The molecule has 3 rings (SSSR count). The molecule has 10 heteroatoms. The molecule has 1 atom stereocenters. The highest BCUT2D eigenvalue weighted by molar-refractivity contribution is 9.10. The minimum atomic E-state index is -3.59. The van der Waals surface area contributed by atoms with Crippen LogP contribution in [0.1, 0.15) is 43.7 Å². The van der Waals surface area contributed by atoms with Crippen LogP contribution in [0.3, 0.4) is 0 Å². The molecule has 1 N–H and O–H groups in total. The van der Waals surface area contributed by atoms with Crippen LogP contribution < -0.4 is 9.62 Å². The summed E-state index contributed by atoms with van der Waals surface area (Å²) in [4.78, 5) is 29.0. The molecular formula is C31H37BrClN3O4S. The average Bonchev–Trinajstić information content (AvgIpc) is 2.94. The van der Waals surface area contributed by atoms with Crippen LogP contribution in [-0.4, -0.2) is 50.5 Å². The van der Waals surface area contributed by atoms with E-state index in [0.717, 1.165) is 34.7 Å². The summed E-state index contributed by atoms with van der Waals surface area (Å²) >= 11 is 9.44. The van der Waals surface area contributed by atoms with Crippen molar-refractivity contribution >= 4 is 55.1 Å². The molecule has 0 fully saturated rings. The van der Waals surface area contributed by atoms with Crippen molar-refractivity contribution in [3.63, 3.8) is 0 Å². The van der Waals surface area contributed by atoms with Crippen LogP contribution >= 0.6 is 27.5 Å². The third-order valence-corrected chi connectivity index (χ3v) is 8.61. The Kier molecular flexibility index (Phi) is 12.7. The Morgan fingerprint density at radius 2 is 1.59 bits per heavy atom. The summed E-state index contributed by atoms with van der Waals surface area (Å²) in [7, 11) is -3.59. The Morgan fingerprint density at radius 1 is 0.927 bits per heavy atom. The molecule has 0 aliphatic heterocycles. The second-order valence-corrected chi connectivity index (χ2v) is 13.2. The van der Waals surface area contributed by atoms with E-state index in [1.165, 1.54) is 4.31 Å². The lowest BCUT2D eigenvalue weighted by Gasteiger charge is -2.32. The Hall–Kier alpha value is -2.88. The van der Waals surface area contributed by atoms with Crippen LogP contribution in [0.5, 0.6) is 0 Å². The lowest BCUT2D eigenvalue weighted by molar-refractivity contribution is -0.141. The Balaban J connectivity index is 1.86. The number of anilines is 1. The molecule has 0 radical (unpaired) electrons. The summed E-state index contributed by atoms with van der Waals surface area (Å²) in [6.45, 7) is 2.95. The van der Waals surface area contributed by atoms with E-state index >= 15 is 0 Å². The van der Waals surface area contributed by atoms with Gasteiger partial charge in [0, 0.05) is 42.0 Å². The highest BCUT2D eigenvalue weighted by Crippen LogP contribution is 2.22. The fourth-order valence-electron chi connectivity index (χ4n) is 4.46. The molecule has 0 heterocycles. The van der Waals surface area contributed by atoms with Crippen molar-refractivity contribution in [3.8, 4) is 0 Å². The standard InChI is InChI=1S/C31H37BrClN3O4S/c1-3-4-20-34-31(38)29(22-24-9-6-5-7-10-24)35(23-25-12-14-26(32)15-13-25)30(37)11-8-21-36(41(2,39)40)28-18-16-27(33)17-19-28/h5-7,9-10,12-19,29H,3-4,8,11,20-23H2,1-2H3,(H,34,38)/t29-/m1/s1. The van der Waals surface area contributed by atoms with Gasteiger partial charge in [0.2, 0.25) is 21.8 Å². The summed E-state index contributed by atoms with van der Waals surface area (Å²) in [5, 5.41) is 3.52. The van der Waals surface area contributed by atoms with Gasteiger partial charge in [-0.3, -0.25) is 13.9 Å². The zero-order chi connectivity index (χ0) is 29.8. The largest absolute Gasteiger partial charge is 0.354 e. The molecule has 0 bridgehead atoms. The van der Waals surface area contributed by atoms with Crippen molar-refractivity contribution in [2.45, 2.75) is 51.6 Å². The fraction of sp³-hybridized carbons (Fsp3) is 0.355. The molecule has 0 aliphatic carbocycles. The topological polar surface area (TPSA) is 86.8 Å². The summed E-state index contributed by atoms with van der Waals surface area (Å²) in [6.07, 6.45) is 3.64. The highest BCUT2D eigenvalue weighted by Gasteiger charge is 2.30. The first-order valence-electron chi connectivity index (χ1n) is 13.7. The van der Waals surface area contributed by atoms with Crippen LogP contribution in [0, 0.1) is 0 Å². The maximum atomic E-state index is 13.8. The van der Waals surface area contributed by atoms with Gasteiger partial charge in [-0.25, -0.2) is 8.42 Å². The second kappa shape index (κ2) is 15.9. The SMILES string of the molecule is CCCCNC(=O)[C@@H](Cc1ccccc1)N(Cc1ccc(Br)cc1)C(=O)CCCN(c1ccc(Cl)cc1)S(C)(=O)=O. The van der Waals surface area contributed by atoms with Gasteiger partial charge in [-0.05, 0) is 60.4 Å². The van der Waals surface area contributed by atoms with Gasteiger partial charge < -0.3 is 10.2 Å². The van der Waals surface area contributed by atoms with Crippen molar-refractivity contribution in [2.75, 3.05) is 23.7 Å². The number of rotatable bonds is 15. The highest BCUT2D eigenvalue weighted by atomic mass is 79.9. The van der Waals surface area contributed by atoms with Gasteiger partial charge in [-0.15, -0.1) is 0 Å². The zero-order valence-corrected chi connectivity index (χ0v) is 26.6. The first-order chi connectivity index (χ1) is 19.6. The Bertz CT molecular complexity index is 1370. The van der Waals surface area contributed by atoms with Crippen molar-refractivity contribution in [1.82, 2.24) is 10.2 Å². The number of unbranched alkanes of at least 4 members (excludes halogenated alkanes) is 1. The summed E-state index contributed by atoms with van der Waals surface area (Å²) in [5.74, 6) is -0.421. The number of hydrogen-bond donors (Lipinski definition) is 1. The van der Waals surface area contributed by atoms with Gasteiger partial charge in [0.25, 0.3) is 0 Å². The number of hydrogen-bond acceptors (Lipinski definition) is 4. The molecule has 0 saturated carbocycles. The van der Waals surface area contributed by atoms with E-state index in [2.05, 4.69) is 28.2 Å². The number of benzene rings is 3. The molecule has 0 spiro atoms. The number of nitrogens with zero attached hydrogens (tertiary/aromatic N) is 2. The summed E-state index contributed by atoms with van der Waals surface area (Å²) in [6, 6.07) is 23.1. The second-order valence-electron chi connectivity index (χ2n) is 9.91. The third-order valence-electron chi connectivity index (χ3n) is 6.63. The van der Waals surface area contributed by atoms with Crippen molar-refractivity contribution in [3.05, 3.63) is 99.5 Å². The van der Waals surface area contributed by atoms with Crippen LogP contribution in [0.4, 0.5) is 5.69 Å². The zero-order valence-electron chi connectivity index (χ0n) is 23.4. The molecule has 220 valence electrons. The van der Waals surface area contributed by atoms with Gasteiger partial charge in [0.05, 0.1) is 11.9 Å². The van der Waals surface area contributed by atoms with Crippen LogP contribution in [0.2, 0.25) is 5.02 Å². The first-order valence-corrected chi connectivity index (χ1v) is 16.7. The summed E-state index contributed by atoms with van der Waals surface area (Å²) < 4.78 is 27.3. The number of amides is 2. The maximum Gasteiger partial charge on any atom is 0.243 e. The third kappa shape index (κ3) is 10.5. The van der Waals surface area contributed by atoms with Crippen LogP contribution in [0.25, 0.3) is 0 Å². The summed E-state index contributed by atoms with van der Waals surface area (Å²) in [5.41, 5.74) is 2.32. The minimum absolute atomic E-state index is 0.0731. The Labute approximate surface area is 257 Å². The van der Waals surface area contributed by atoms with E-state index in [1.54, 1.807) is 29.2 Å². The van der Waals surface area contributed by atoms with E-state index in [9.17, 15) is 18.0 Å². The quantitative estimate of drug-likeness (QED) is 0.196. The molecule has 0 aliphatic rings. The molecule has 0 saturated heterocycles. The number of carbonyl (C=O) groups is 2. The van der Waals surface area contributed by atoms with Crippen molar-refractivity contribution in [2.24, 2.45) is 0 Å². The van der Waals surface area contributed by atoms with E-state index < -0.39 is 16.1 Å². The van der Waals surface area contributed by atoms with E-state index in [0.29, 0.717) is 23.7 Å². The minimum Gasteiger partial charge on any atom is -0.354 e. The molecule has 0 aromatic heterocycles. The lowest BCUT2D eigenvalue weighted by Crippen LogP contribution is -2.50. The van der Waals surface area contributed by atoms with E-state index in [-0.39, 0.29) is 37.7 Å². The van der Waals surface area contributed by atoms with Gasteiger partial charge in [0.1, 0.15) is 6.04 Å². The average molecular weight is 663 g/mol. The maximum absolute atomic E-state index is 13.8. The van der Waals surface area contributed by atoms with Gasteiger partial charge in [0.15, 0.2) is 0 Å². The van der Waals surface area contributed by atoms with Crippen molar-refractivity contribution in [1.29, 1.82) is 0 Å². The smallest absolute Gasteiger partial charge is 0.243 e. The van der Waals surface area contributed by atoms with Gasteiger partial charge in [-0.2, -0.15) is 0 Å². The van der Waals surface area contributed by atoms with Crippen LogP contribution in [0.15, 0.2) is 83.3 Å². The molecule has 3 aromatic rings. The predicted molar refractivity (Wildman–Crippen MR) is 169 cm³/mol. The molecule has 41 heavy (non-hydrogen) atoms. The van der Waals surface area contributed by atoms with E-state index in [4.69, 9.17) is 11.6 Å². The molecule has 3 aromatic carbocycles. The predicted octanol–water partition coefficient (Wildman–Crippen LogP) is 6.21. The molecule has 7 nitrogen and oxygen atoms in total. The lowest BCUT2D eigenvalue weighted by atomic mass is 10.0. The van der Waals surface area contributed by atoms with Crippen molar-refractivity contribution < 1.29 is 18.0 Å². The number of halogens is 2. The number of carbonyl (C=O) groups excluding carboxylic acids is 2. The van der Waals surface area contributed by atoms with Gasteiger partial charge >= 0.3 is 0 Å². The molecule has 2 amide bonds. The Morgan fingerprint density at radius 3 is 2.20 bits per heavy atom. The monoisotopic (exact) mass is 661 g/mol. The fourth-order valence-corrected chi connectivity index (χ4v) is 5.81. The number of sulfonamides is 1. The van der Waals surface area contributed by atoms with Crippen LogP contribution in [-0.2, 0) is 32.6 Å².